The number of para-hydroxylation sites is 1. The van der Waals surface area contributed by atoms with Crippen LogP contribution in [0.5, 0.6) is 0 Å². The normalized spacial score (nSPS) is 11.3. The van der Waals surface area contributed by atoms with Crippen molar-refractivity contribution in [1.29, 1.82) is 0 Å². The zero-order valence-corrected chi connectivity index (χ0v) is 18.0. The van der Waals surface area contributed by atoms with E-state index in [1.165, 1.54) is 11.1 Å². The lowest BCUT2D eigenvalue weighted by Crippen LogP contribution is -2.27. The molecule has 5 heteroatoms. The van der Waals surface area contributed by atoms with E-state index in [1.807, 2.05) is 20.2 Å². The molecule has 28 heavy (non-hydrogen) atoms. The zero-order chi connectivity index (χ0) is 20.7. The number of hydrogen-bond acceptors (Lipinski definition) is 4. The van der Waals surface area contributed by atoms with E-state index in [1.54, 1.807) is 12.3 Å². The van der Waals surface area contributed by atoms with Crippen molar-refractivity contribution in [3.63, 3.8) is 0 Å². The summed E-state index contributed by atoms with van der Waals surface area (Å²) in [5.41, 5.74) is 5.05. The van der Waals surface area contributed by atoms with E-state index in [0.29, 0.717) is 24.1 Å². The number of nitrogens with zero attached hydrogens (tertiary/aromatic N) is 2. The highest BCUT2D eigenvalue weighted by Gasteiger charge is 2.14. The summed E-state index contributed by atoms with van der Waals surface area (Å²) >= 11 is 0. The summed E-state index contributed by atoms with van der Waals surface area (Å²) in [6, 6.07) is 10.2. The van der Waals surface area contributed by atoms with Gasteiger partial charge in [0.1, 0.15) is 5.69 Å². The number of carbonyl (C=O) groups excluding carboxylic acids is 1. The topological polar surface area (TPSA) is 57.3 Å². The molecule has 0 fully saturated rings. The number of nitrogens with one attached hydrogen (secondary N) is 2. The molecule has 1 heterocycles. The van der Waals surface area contributed by atoms with Crippen molar-refractivity contribution in [2.75, 3.05) is 32.5 Å². The van der Waals surface area contributed by atoms with Crippen LogP contribution in [0.3, 0.4) is 0 Å². The minimum atomic E-state index is -0.129. The number of pyridine rings is 1. The maximum Gasteiger partial charge on any atom is 0.269 e. The molecule has 2 aromatic rings. The molecule has 0 aliphatic carbocycles. The van der Waals surface area contributed by atoms with Crippen molar-refractivity contribution < 1.29 is 4.79 Å². The van der Waals surface area contributed by atoms with E-state index in [-0.39, 0.29) is 5.91 Å². The van der Waals surface area contributed by atoms with Crippen molar-refractivity contribution in [3.05, 3.63) is 53.3 Å². The Morgan fingerprint density at radius 1 is 1.04 bits per heavy atom. The minimum absolute atomic E-state index is 0.129. The lowest BCUT2D eigenvalue weighted by molar-refractivity contribution is 0.0947. The van der Waals surface area contributed by atoms with Crippen LogP contribution in [0.25, 0.3) is 0 Å². The van der Waals surface area contributed by atoms with Crippen LogP contribution in [-0.4, -0.2) is 43.0 Å². The van der Waals surface area contributed by atoms with Gasteiger partial charge in [0.15, 0.2) is 0 Å². The van der Waals surface area contributed by atoms with Gasteiger partial charge in [-0.25, -0.2) is 4.98 Å². The highest BCUT2D eigenvalue weighted by atomic mass is 16.1. The predicted octanol–water partition coefficient (Wildman–Crippen LogP) is 4.75. The van der Waals surface area contributed by atoms with Crippen LogP contribution in [-0.2, 0) is 0 Å². The number of rotatable bonds is 9. The van der Waals surface area contributed by atoms with Gasteiger partial charge in [-0.15, -0.1) is 0 Å². The molecule has 1 aromatic heterocycles. The van der Waals surface area contributed by atoms with Crippen LogP contribution in [0.4, 0.5) is 11.4 Å². The van der Waals surface area contributed by atoms with Crippen molar-refractivity contribution in [1.82, 2.24) is 15.2 Å². The van der Waals surface area contributed by atoms with Crippen LogP contribution in [0.15, 0.2) is 36.5 Å². The van der Waals surface area contributed by atoms with Gasteiger partial charge >= 0.3 is 0 Å². The largest absolute Gasteiger partial charge is 0.354 e. The first kappa shape index (κ1) is 21.9. The van der Waals surface area contributed by atoms with Crippen LogP contribution in [0.1, 0.15) is 67.6 Å². The van der Waals surface area contributed by atoms with Gasteiger partial charge in [0.25, 0.3) is 5.91 Å². The van der Waals surface area contributed by atoms with Gasteiger partial charge in [0.2, 0.25) is 0 Å². The van der Waals surface area contributed by atoms with Crippen molar-refractivity contribution in [3.8, 4) is 0 Å². The number of aromatic nitrogens is 1. The Morgan fingerprint density at radius 2 is 1.68 bits per heavy atom. The minimum Gasteiger partial charge on any atom is -0.354 e. The van der Waals surface area contributed by atoms with Crippen molar-refractivity contribution >= 4 is 17.3 Å². The van der Waals surface area contributed by atoms with E-state index >= 15 is 0 Å². The molecule has 0 spiro atoms. The number of anilines is 2. The fraction of sp³-hybridized carbons (Fsp3) is 0.478. The molecule has 0 aliphatic heterocycles. The molecule has 0 radical (unpaired) electrons. The number of hydrogen-bond donors (Lipinski definition) is 2. The van der Waals surface area contributed by atoms with E-state index in [0.717, 1.165) is 24.3 Å². The third kappa shape index (κ3) is 6.06. The van der Waals surface area contributed by atoms with Crippen molar-refractivity contribution in [2.24, 2.45) is 0 Å². The molecule has 0 unspecified atom stereocenters. The summed E-state index contributed by atoms with van der Waals surface area (Å²) in [5, 5.41) is 6.46. The van der Waals surface area contributed by atoms with Crippen LogP contribution in [0, 0.1) is 0 Å². The average Bonchev–Trinajstić information content (AvgIpc) is 2.65. The Bertz CT molecular complexity index is 740. The molecule has 0 bridgehead atoms. The van der Waals surface area contributed by atoms with Gasteiger partial charge in [-0.1, -0.05) is 45.9 Å². The molecule has 5 nitrogen and oxygen atoms in total. The number of amides is 1. The summed E-state index contributed by atoms with van der Waals surface area (Å²) in [5.74, 6) is 0.707. The second-order valence-electron chi connectivity index (χ2n) is 8.09. The zero-order valence-electron chi connectivity index (χ0n) is 18.0. The second kappa shape index (κ2) is 10.2. The summed E-state index contributed by atoms with van der Waals surface area (Å²) in [6.07, 6.45) is 2.65. The molecule has 152 valence electrons. The first-order valence-corrected chi connectivity index (χ1v) is 10.1. The van der Waals surface area contributed by atoms with Crippen LogP contribution in [0.2, 0.25) is 0 Å². The summed E-state index contributed by atoms with van der Waals surface area (Å²) < 4.78 is 0. The fourth-order valence-electron chi connectivity index (χ4n) is 3.13. The molecule has 0 aliphatic rings. The third-order valence-electron chi connectivity index (χ3n) is 4.71. The Balaban J connectivity index is 2.10. The lowest BCUT2D eigenvalue weighted by Gasteiger charge is -2.21. The molecule has 2 N–H and O–H groups in total. The van der Waals surface area contributed by atoms with E-state index in [4.69, 9.17) is 0 Å². The molecular formula is C23H34N4O. The van der Waals surface area contributed by atoms with Crippen molar-refractivity contribution in [2.45, 2.75) is 46.0 Å². The second-order valence-corrected chi connectivity index (χ2v) is 8.09. The molecule has 0 atom stereocenters. The molecule has 1 aromatic carbocycles. The van der Waals surface area contributed by atoms with Gasteiger partial charge < -0.3 is 15.5 Å². The third-order valence-corrected chi connectivity index (χ3v) is 4.71. The first-order valence-electron chi connectivity index (χ1n) is 10.1. The lowest BCUT2D eigenvalue weighted by atomic mass is 9.92. The Morgan fingerprint density at radius 3 is 2.18 bits per heavy atom. The maximum atomic E-state index is 12.2. The fourth-order valence-corrected chi connectivity index (χ4v) is 3.13. The molecule has 0 saturated carbocycles. The van der Waals surface area contributed by atoms with Gasteiger partial charge in [0.05, 0.1) is 11.9 Å². The highest BCUT2D eigenvalue weighted by Crippen LogP contribution is 2.34. The molecule has 1 amide bonds. The highest BCUT2D eigenvalue weighted by molar-refractivity contribution is 5.92. The van der Waals surface area contributed by atoms with Gasteiger partial charge in [0, 0.05) is 12.2 Å². The summed E-state index contributed by atoms with van der Waals surface area (Å²) in [4.78, 5) is 18.7. The first-order chi connectivity index (χ1) is 13.3. The van der Waals surface area contributed by atoms with Gasteiger partial charge in [-0.05, 0) is 62.2 Å². The van der Waals surface area contributed by atoms with Gasteiger partial charge in [-0.2, -0.15) is 0 Å². The SMILES string of the molecule is CC(C)c1cccc(C(C)C)c1Nc1ccc(C(=O)NCCCN(C)C)nc1. The number of benzene rings is 1. The van der Waals surface area contributed by atoms with E-state index in [2.05, 4.69) is 66.4 Å². The molecule has 0 saturated heterocycles. The Labute approximate surface area is 169 Å². The maximum absolute atomic E-state index is 12.2. The van der Waals surface area contributed by atoms with E-state index < -0.39 is 0 Å². The quantitative estimate of drug-likeness (QED) is 0.614. The number of carbonyl (C=O) groups is 1. The summed E-state index contributed by atoms with van der Waals surface area (Å²) in [7, 11) is 4.05. The standard InChI is InChI=1S/C23H34N4O/c1-16(2)19-9-7-10-20(17(3)4)22(19)26-18-11-12-21(25-15-18)23(28)24-13-8-14-27(5)6/h7,9-12,15-17,26H,8,13-14H2,1-6H3,(H,24,28). The van der Waals surface area contributed by atoms with Crippen LogP contribution < -0.4 is 10.6 Å². The van der Waals surface area contributed by atoms with Crippen LogP contribution >= 0.6 is 0 Å². The Hall–Kier alpha value is -2.40. The molecular weight excluding hydrogens is 348 g/mol. The Kier molecular flexibility index (Phi) is 8.00. The summed E-state index contributed by atoms with van der Waals surface area (Å²) in [6.45, 7) is 10.4. The smallest absolute Gasteiger partial charge is 0.269 e. The van der Waals surface area contributed by atoms with E-state index in [9.17, 15) is 4.79 Å². The average molecular weight is 383 g/mol. The van der Waals surface area contributed by atoms with Gasteiger partial charge in [-0.3, -0.25) is 4.79 Å². The monoisotopic (exact) mass is 382 g/mol. The molecule has 2 rings (SSSR count). The predicted molar refractivity (Wildman–Crippen MR) is 118 cm³/mol.